The molecule has 0 amide bonds. The van der Waals surface area contributed by atoms with Crippen molar-refractivity contribution in [3.8, 4) is 67.3 Å². The van der Waals surface area contributed by atoms with E-state index in [4.69, 9.17) is 0 Å². The number of rotatable bonds is 7. The van der Waals surface area contributed by atoms with Gasteiger partial charge in [0.1, 0.15) is 0 Å². The third-order valence-corrected chi connectivity index (χ3v) is 9.81. The molecule has 6 aromatic carbocycles. The minimum absolute atomic E-state index is 0. The summed E-state index contributed by atoms with van der Waals surface area (Å²) in [4.78, 5) is 17.3. The van der Waals surface area contributed by atoms with Crippen molar-refractivity contribution in [1.82, 2.24) is 19.9 Å². The number of pyridine rings is 4. The number of hydrogen-bond acceptors (Lipinski definition) is 4. The maximum atomic E-state index is 4.45. The fourth-order valence-corrected chi connectivity index (χ4v) is 6.57. The molecular formula is C59H46Ir2N4-4. The molecule has 4 heterocycles. The first-order valence-electron chi connectivity index (χ1n) is 20.9. The van der Waals surface area contributed by atoms with E-state index in [-0.39, 0.29) is 40.2 Å². The van der Waals surface area contributed by atoms with E-state index < -0.39 is 0 Å². The summed E-state index contributed by atoms with van der Waals surface area (Å²) in [5.41, 5.74) is 15.5. The molecule has 2 radical (unpaired) electrons. The number of benzene rings is 6. The zero-order valence-electron chi connectivity index (χ0n) is 36.1. The minimum atomic E-state index is 0. The fraction of sp³-hybridized carbons (Fsp3) is 0.0508. The van der Waals surface area contributed by atoms with Gasteiger partial charge in [-0.15, -0.1) is 144 Å². The Morgan fingerprint density at radius 1 is 0.338 bits per heavy atom. The molecule has 0 N–H and O–H groups in total. The molecule has 65 heavy (non-hydrogen) atoms. The Bertz CT molecular complexity index is 2710. The Labute approximate surface area is 411 Å². The fourth-order valence-electron chi connectivity index (χ4n) is 6.57. The van der Waals surface area contributed by atoms with Crippen LogP contribution in [-0.2, 0) is 46.6 Å². The van der Waals surface area contributed by atoms with Gasteiger partial charge in [0.25, 0.3) is 0 Å². The van der Waals surface area contributed by atoms with E-state index in [9.17, 15) is 0 Å². The second kappa shape index (κ2) is 26.8. The molecule has 0 aliphatic heterocycles. The van der Waals surface area contributed by atoms with E-state index in [0.717, 1.165) is 51.5 Å². The molecule has 6 heteroatoms. The van der Waals surface area contributed by atoms with Gasteiger partial charge in [-0.05, 0) is 88.2 Å². The average Bonchev–Trinajstić information content (AvgIpc) is 3.38. The van der Waals surface area contributed by atoms with Crippen LogP contribution < -0.4 is 0 Å². The van der Waals surface area contributed by atoms with Crippen LogP contribution in [0.4, 0.5) is 0 Å². The molecule has 0 spiro atoms. The SMILES string of the molecule is CCc1cccc(-c2ccnc(-c3[c-]cccc3)c2)c1.Cc1cccc(-c2ccnc(-c3[c-]cccc3)c2)c1.[Ir].[Ir].[c-]1ccccc1-c1ccccn1.[c-]1ccccc1-c1ccccn1. The maximum Gasteiger partial charge on any atom is 0.0166 e. The molecular weight excluding hydrogens is 1150 g/mol. The first kappa shape index (κ1) is 49.2. The van der Waals surface area contributed by atoms with Crippen LogP contribution in [0.15, 0.2) is 231 Å². The van der Waals surface area contributed by atoms with Crippen LogP contribution in [0.2, 0.25) is 0 Å². The summed E-state index contributed by atoms with van der Waals surface area (Å²) in [5.74, 6) is 0. The average molecular weight is 1200 g/mol. The summed E-state index contributed by atoms with van der Waals surface area (Å²) in [5, 5.41) is 0. The molecule has 10 rings (SSSR count). The van der Waals surface area contributed by atoms with Crippen molar-refractivity contribution in [3.63, 3.8) is 0 Å². The third kappa shape index (κ3) is 15.2. The van der Waals surface area contributed by atoms with E-state index in [2.05, 4.69) is 125 Å². The third-order valence-electron chi connectivity index (χ3n) is 9.81. The molecule has 0 atom stereocenters. The number of hydrogen-bond donors (Lipinski definition) is 0. The molecule has 0 aliphatic rings. The van der Waals surface area contributed by atoms with Crippen LogP contribution in [0.1, 0.15) is 18.1 Å². The Kier molecular flexibility index (Phi) is 20.3. The Balaban J connectivity index is 0.000000165. The van der Waals surface area contributed by atoms with Crippen molar-refractivity contribution in [1.29, 1.82) is 0 Å². The van der Waals surface area contributed by atoms with Crippen LogP contribution in [0.5, 0.6) is 0 Å². The molecule has 0 saturated heterocycles. The van der Waals surface area contributed by atoms with Crippen molar-refractivity contribution in [2.24, 2.45) is 0 Å². The van der Waals surface area contributed by atoms with Crippen LogP contribution in [0.3, 0.4) is 0 Å². The quantitative estimate of drug-likeness (QED) is 0.149. The molecule has 4 aromatic heterocycles. The minimum Gasteiger partial charge on any atom is -0.305 e. The molecule has 0 unspecified atom stereocenters. The van der Waals surface area contributed by atoms with Crippen LogP contribution in [-0.4, -0.2) is 19.9 Å². The van der Waals surface area contributed by atoms with Gasteiger partial charge >= 0.3 is 0 Å². The number of aryl methyl sites for hydroxylation is 2. The second-order valence-electron chi connectivity index (χ2n) is 14.3. The maximum absolute atomic E-state index is 4.45. The summed E-state index contributed by atoms with van der Waals surface area (Å²) in [6, 6.07) is 81.4. The largest absolute Gasteiger partial charge is 0.305 e. The van der Waals surface area contributed by atoms with E-state index in [1.54, 1.807) is 12.4 Å². The topological polar surface area (TPSA) is 51.6 Å². The smallest absolute Gasteiger partial charge is 0.0166 e. The van der Waals surface area contributed by atoms with E-state index in [1.807, 2.05) is 152 Å². The number of aromatic nitrogens is 4. The van der Waals surface area contributed by atoms with Gasteiger partial charge in [0.15, 0.2) is 0 Å². The van der Waals surface area contributed by atoms with Crippen molar-refractivity contribution in [2.45, 2.75) is 20.3 Å². The van der Waals surface area contributed by atoms with Crippen molar-refractivity contribution in [3.05, 3.63) is 266 Å². The molecule has 324 valence electrons. The van der Waals surface area contributed by atoms with Gasteiger partial charge in [-0.25, -0.2) is 0 Å². The van der Waals surface area contributed by atoms with Crippen molar-refractivity contribution >= 4 is 0 Å². The Morgan fingerprint density at radius 3 is 1.11 bits per heavy atom. The summed E-state index contributed by atoms with van der Waals surface area (Å²) >= 11 is 0. The van der Waals surface area contributed by atoms with Gasteiger partial charge in [0.05, 0.1) is 0 Å². The van der Waals surface area contributed by atoms with Gasteiger partial charge in [-0.1, -0.05) is 97.4 Å². The molecule has 0 aliphatic carbocycles. The molecule has 0 bridgehead atoms. The second-order valence-corrected chi connectivity index (χ2v) is 14.3. The monoisotopic (exact) mass is 1200 g/mol. The summed E-state index contributed by atoms with van der Waals surface area (Å²) in [6.07, 6.45) is 8.35. The summed E-state index contributed by atoms with van der Waals surface area (Å²) < 4.78 is 0. The van der Waals surface area contributed by atoms with E-state index >= 15 is 0 Å². The normalized spacial score (nSPS) is 9.82. The predicted molar refractivity (Wildman–Crippen MR) is 259 cm³/mol. The zero-order chi connectivity index (χ0) is 43.3. The van der Waals surface area contributed by atoms with Gasteiger partial charge in [0, 0.05) is 65.0 Å². The number of nitrogens with zero attached hydrogens (tertiary/aromatic N) is 4. The summed E-state index contributed by atoms with van der Waals surface area (Å²) in [6.45, 7) is 4.28. The molecule has 10 aromatic rings. The van der Waals surface area contributed by atoms with Gasteiger partial charge in [0.2, 0.25) is 0 Å². The van der Waals surface area contributed by atoms with Crippen molar-refractivity contribution in [2.75, 3.05) is 0 Å². The molecule has 0 fully saturated rings. The Morgan fingerprint density at radius 2 is 0.723 bits per heavy atom. The first-order valence-corrected chi connectivity index (χ1v) is 20.9. The van der Waals surface area contributed by atoms with Crippen LogP contribution >= 0.6 is 0 Å². The van der Waals surface area contributed by atoms with Crippen LogP contribution in [0, 0.1) is 31.2 Å². The van der Waals surface area contributed by atoms with Crippen LogP contribution in [0.25, 0.3) is 67.3 Å². The van der Waals surface area contributed by atoms with Gasteiger partial charge in [-0.3, -0.25) is 0 Å². The van der Waals surface area contributed by atoms with Crippen molar-refractivity contribution < 1.29 is 40.2 Å². The predicted octanol–water partition coefficient (Wildman–Crippen LogP) is 14.4. The van der Waals surface area contributed by atoms with Gasteiger partial charge in [-0.2, -0.15) is 0 Å². The standard InChI is InChI=1S/C19H16N.C18H14N.2C11H8N.2Ir/c1-2-15-7-6-10-17(13-15)18-11-12-20-19(14-18)16-8-4-3-5-9-16;1-14-6-5-9-16(12-14)17-10-11-19-18(13-17)15-7-3-2-4-8-15;2*1-2-6-10(7-3-1)11-8-4-5-9-12-11;;/h3-8,10-14H,2H2,1H3;2-7,9-13H,1H3;2*1-6,8-9H;;/q4*-1;;. The molecule has 0 saturated carbocycles. The van der Waals surface area contributed by atoms with E-state index in [1.165, 1.54) is 33.4 Å². The summed E-state index contributed by atoms with van der Waals surface area (Å²) in [7, 11) is 0. The Hall–Kier alpha value is -6.78. The zero-order valence-corrected chi connectivity index (χ0v) is 40.9. The molecule has 4 nitrogen and oxygen atoms in total. The first-order chi connectivity index (χ1) is 31.1. The van der Waals surface area contributed by atoms with E-state index in [0.29, 0.717) is 0 Å². The van der Waals surface area contributed by atoms with Gasteiger partial charge < -0.3 is 19.9 Å².